The van der Waals surface area contributed by atoms with Crippen molar-refractivity contribution in [1.29, 1.82) is 0 Å². The van der Waals surface area contributed by atoms with Crippen LogP contribution in [0.4, 0.5) is 4.79 Å². The second-order valence-electron chi connectivity index (χ2n) is 5.90. The van der Waals surface area contributed by atoms with Crippen LogP contribution < -0.4 is 5.32 Å². The number of nitrogens with one attached hydrogen (secondary N) is 1. The highest BCUT2D eigenvalue weighted by Gasteiger charge is 2.26. The van der Waals surface area contributed by atoms with Gasteiger partial charge in [0.1, 0.15) is 5.69 Å². The minimum atomic E-state index is -1.00. The molecule has 0 radical (unpaired) electrons. The average Bonchev–Trinajstić information content (AvgIpc) is 3.10. The summed E-state index contributed by atoms with van der Waals surface area (Å²) in [7, 11) is 0. The van der Waals surface area contributed by atoms with Crippen molar-refractivity contribution in [1.82, 2.24) is 15.2 Å². The van der Waals surface area contributed by atoms with E-state index in [0.717, 1.165) is 10.4 Å². The van der Waals surface area contributed by atoms with E-state index in [1.165, 1.54) is 16.2 Å². The fraction of sp³-hybridized carbons (Fsp3) is 0.400. The van der Waals surface area contributed by atoms with Gasteiger partial charge >= 0.3 is 6.09 Å². The maximum absolute atomic E-state index is 12.3. The number of aromatic nitrogens is 1. The summed E-state index contributed by atoms with van der Waals surface area (Å²) in [5.41, 5.74) is 2.48. The maximum atomic E-state index is 12.3. The third-order valence-electron chi connectivity index (χ3n) is 3.23. The number of rotatable bonds is 5. The lowest BCUT2D eigenvalue weighted by molar-refractivity contribution is 0.0889. The van der Waals surface area contributed by atoms with Crippen molar-refractivity contribution in [2.45, 2.75) is 26.3 Å². The van der Waals surface area contributed by atoms with Crippen LogP contribution in [0.15, 0.2) is 22.3 Å². The predicted molar refractivity (Wildman–Crippen MR) is 92.2 cm³/mol. The quantitative estimate of drug-likeness (QED) is 0.863. The van der Waals surface area contributed by atoms with Crippen molar-refractivity contribution >= 4 is 34.7 Å². The Morgan fingerprint density at radius 1 is 1.39 bits per heavy atom. The zero-order chi connectivity index (χ0) is 17.0. The van der Waals surface area contributed by atoms with E-state index < -0.39 is 11.6 Å². The van der Waals surface area contributed by atoms with Gasteiger partial charge in [-0.25, -0.2) is 9.78 Å². The number of carbonyl (C=O) groups excluding carboxylic acids is 1. The molecular formula is C15H19N3O3S2. The predicted octanol–water partition coefficient (Wildman–Crippen LogP) is 3.38. The summed E-state index contributed by atoms with van der Waals surface area (Å²) in [6, 6.07) is 1.95. The first-order valence-electron chi connectivity index (χ1n) is 7.05. The summed E-state index contributed by atoms with van der Waals surface area (Å²) in [6.07, 6.45) is -1.00. The van der Waals surface area contributed by atoms with Crippen molar-refractivity contribution in [2.75, 3.05) is 13.1 Å². The molecule has 0 fully saturated rings. The molecule has 2 aromatic rings. The number of nitrogens with zero attached hydrogens (tertiary/aromatic N) is 2. The minimum Gasteiger partial charge on any atom is -0.465 e. The van der Waals surface area contributed by atoms with Crippen molar-refractivity contribution < 1.29 is 14.7 Å². The van der Waals surface area contributed by atoms with E-state index in [1.54, 1.807) is 16.8 Å². The molecule has 2 amide bonds. The van der Waals surface area contributed by atoms with Crippen LogP contribution in [0.5, 0.6) is 0 Å². The molecule has 0 unspecified atom stereocenters. The molecule has 0 aliphatic carbocycles. The lowest BCUT2D eigenvalue weighted by Gasteiger charge is -2.33. The van der Waals surface area contributed by atoms with Gasteiger partial charge in [0.25, 0.3) is 5.91 Å². The minimum absolute atomic E-state index is 0.225. The first kappa shape index (κ1) is 17.4. The Morgan fingerprint density at radius 3 is 2.70 bits per heavy atom. The number of amides is 2. The summed E-state index contributed by atoms with van der Waals surface area (Å²) in [4.78, 5) is 29.8. The molecule has 0 aliphatic rings. The number of carbonyl (C=O) groups is 2. The molecule has 8 heteroatoms. The lowest BCUT2D eigenvalue weighted by atomic mass is 10.1. The molecule has 2 heterocycles. The van der Waals surface area contributed by atoms with Crippen LogP contribution in [-0.4, -0.2) is 45.6 Å². The second-order valence-corrected chi connectivity index (χ2v) is 7.54. The number of carboxylic acid groups (broad SMARTS) is 1. The van der Waals surface area contributed by atoms with E-state index in [-0.39, 0.29) is 19.0 Å². The van der Waals surface area contributed by atoms with Gasteiger partial charge < -0.3 is 15.3 Å². The van der Waals surface area contributed by atoms with E-state index >= 15 is 0 Å². The van der Waals surface area contributed by atoms with Gasteiger partial charge in [0, 0.05) is 24.2 Å². The summed E-state index contributed by atoms with van der Waals surface area (Å²) in [5.74, 6) is -0.285. The molecule has 2 aromatic heterocycles. The Labute approximate surface area is 142 Å². The Hall–Kier alpha value is -1.93. The molecule has 2 rings (SSSR count). The summed E-state index contributed by atoms with van der Waals surface area (Å²) >= 11 is 2.98. The van der Waals surface area contributed by atoms with E-state index in [1.807, 2.05) is 37.6 Å². The Morgan fingerprint density at radius 2 is 2.13 bits per heavy atom. The Kier molecular flexibility index (Phi) is 5.38. The first-order chi connectivity index (χ1) is 10.8. The molecule has 0 aromatic carbocycles. The van der Waals surface area contributed by atoms with Crippen LogP contribution in [0.1, 0.15) is 31.3 Å². The Balaban J connectivity index is 1.99. The van der Waals surface area contributed by atoms with Crippen molar-refractivity contribution in [3.05, 3.63) is 28.0 Å². The number of thiophene rings is 1. The number of hydrogen-bond donors (Lipinski definition) is 2. The molecule has 2 N–H and O–H groups in total. The van der Waals surface area contributed by atoms with Crippen LogP contribution in [-0.2, 0) is 0 Å². The van der Waals surface area contributed by atoms with Crippen LogP contribution in [0.3, 0.4) is 0 Å². The molecule has 23 heavy (non-hydrogen) atoms. The highest BCUT2D eigenvalue weighted by molar-refractivity contribution is 7.14. The molecular weight excluding hydrogens is 334 g/mol. The van der Waals surface area contributed by atoms with Gasteiger partial charge in [-0.15, -0.1) is 11.3 Å². The molecule has 0 spiro atoms. The fourth-order valence-electron chi connectivity index (χ4n) is 2.09. The second kappa shape index (κ2) is 7.10. The van der Waals surface area contributed by atoms with Gasteiger partial charge in [-0.2, -0.15) is 11.3 Å². The van der Waals surface area contributed by atoms with E-state index in [2.05, 4.69) is 10.3 Å². The van der Waals surface area contributed by atoms with Crippen molar-refractivity contribution in [3.63, 3.8) is 0 Å². The topological polar surface area (TPSA) is 82.5 Å². The van der Waals surface area contributed by atoms with Gasteiger partial charge in [0.15, 0.2) is 0 Å². The molecule has 0 bridgehead atoms. The van der Waals surface area contributed by atoms with Crippen LogP contribution in [0.25, 0.3) is 10.4 Å². The molecule has 0 aliphatic heterocycles. The van der Waals surface area contributed by atoms with E-state index in [4.69, 9.17) is 0 Å². The van der Waals surface area contributed by atoms with Crippen molar-refractivity contribution in [3.8, 4) is 10.4 Å². The standard InChI is InChI=1S/C15H19N3O3S2/c1-15(2,3)18(14(20)21)6-5-16-13(19)11-12(23-9-17-11)10-4-7-22-8-10/h4,7-9H,5-6H2,1-3H3,(H,16,19)(H,20,21). The summed E-state index contributed by atoms with van der Waals surface area (Å²) in [6.45, 7) is 5.92. The van der Waals surface area contributed by atoms with E-state index in [9.17, 15) is 14.7 Å². The third-order valence-corrected chi connectivity index (χ3v) is 4.79. The molecule has 0 atom stereocenters. The highest BCUT2D eigenvalue weighted by Crippen LogP contribution is 2.29. The average molecular weight is 353 g/mol. The Bertz CT molecular complexity index is 674. The zero-order valence-corrected chi connectivity index (χ0v) is 14.8. The van der Waals surface area contributed by atoms with Gasteiger partial charge in [0.05, 0.1) is 10.4 Å². The smallest absolute Gasteiger partial charge is 0.407 e. The third kappa shape index (κ3) is 4.29. The maximum Gasteiger partial charge on any atom is 0.407 e. The largest absolute Gasteiger partial charge is 0.465 e. The normalized spacial score (nSPS) is 11.3. The fourth-order valence-corrected chi connectivity index (χ4v) is 3.59. The number of hydrogen-bond acceptors (Lipinski definition) is 5. The van der Waals surface area contributed by atoms with E-state index in [0.29, 0.717) is 5.69 Å². The van der Waals surface area contributed by atoms with Crippen LogP contribution >= 0.6 is 22.7 Å². The SMILES string of the molecule is CC(C)(C)N(CCNC(=O)c1ncsc1-c1ccsc1)C(=O)O. The zero-order valence-electron chi connectivity index (χ0n) is 13.2. The van der Waals surface area contributed by atoms with Gasteiger partial charge in [0.2, 0.25) is 0 Å². The molecule has 0 saturated heterocycles. The number of thiazole rings is 1. The summed E-state index contributed by atoms with van der Waals surface area (Å²) < 4.78 is 0. The van der Waals surface area contributed by atoms with Crippen LogP contribution in [0.2, 0.25) is 0 Å². The first-order valence-corrected chi connectivity index (χ1v) is 8.88. The lowest BCUT2D eigenvalue weighted by Crippen LogP contribution is -2.48. The van der Waals surface area contributed by atoms with Crippen LogP contribution in [0, 0.1) is 0 Å². The van der Waals surface area contributed by atoms with Gasteiger partial charge in [-0.1, -0.05) is 0 Å². The molecule has 124 valence electrons. The van der Waals surface area contributed by atoms with Gasteiger partial charge in [-0.3, -0.25) is 4.79 Å². The summed E-state index contributed by atoms with van der Waals surface area (Å²) in [5, 5.41) is 15.9. The molecule has 0 saturated carbocycles. The van der Waals surface area contributed by atoms with Crippen molar-refractivity contribution in [2.24, 2.45) is 0 Å². The monoisotopic (exact) mass is 353 g/mol. The highest BCUT2D eigenvalue weighted by atomic mass is 32.1. The van der Waals surface area contributed by atoms with Gasteiger partial charge in [-0.05, 0) is 37.6 Å². The molecule has 6 nitrogen and oxygen atoms in total.